The second kappa shape index (κ2) is 9.66. The number of benzene rings is 1. The summed E-state index contributed by atoms with van der Waals surface area (Å²) in [6.45, 7) is 7.44. The van der Waals surface area contributed by atoms with Crippen LogP contribution >= 0.6 is 23.2 Å². The van der Waals surface area contributed by atoms with Gasteiger partial charge in [0, 0.05) is 37.2 Å². The van der Waals surface area contributed by atoms with Gasteiger partial charge in [-0.3, -0.25) is 0 Å². The Morgan fingerprint density at radius 3 is 2.57 bits per heavy atom. The first-order valence-corrected chi connectivity index (χ1v) is 13.7. The molecule has 4 aliphatic heterocycles. The predicted octanol–water partition coefficient (Wildman–Crippen LogP) is 5.13. The predicted molar refractivity (Wildman–Crippen MR) is 133 cm³/mol. The Labute approximate surface area is 217 Å². The molecule has 0 radical (unpaired) electrons. The van der Waals surface area contributed by atoms with E-state index in [-0.39, 0.29) is 18.4 Å². The number of rotatable bonds is 8. The highest BCUT2D eigenvalue weighted by Crippen LogP contribution is 2.63. The van der Waals surface area contributed by atoms with Crippen molar-refractivity contribution in [2.45, 2.75) is 69.7 Å². The molecular formula is C26H35Cl2NO6. The van der Waals surface area contributed by atoms with Crippen molar-refractivity contribution in [2.75, 3.05) is 36.4 Å². The summed E-state index contributed by atoms with van der Waals surface area (Å²) >= 11 is 12.0. The van der Waals surface area contributed by atoms with E-state index in [9.17, 15) is 4.79 Å². The third-order valence-corrected chi connectivity index (χ3v) is 8.83. The number of esters is 1. The lowest BCUT2D eigenvalue weighted by Gasteiger charge is -2.50. The van der Waals surface area contributed by atoms with Gasteiger partial charge in [-0.15, -0.1) is 23.2 Å². The number of fused-ring (bicyclic) bond motifs is 2. The summed E-state index contributed by atoms with van der Waals surface area (Å²) in [5.74, 6) is 0.336. The maximum Gasteiger partial charge on any atom is 0.340 e. The monoisotopic (exact) mass is 527 g/mol. The quantitative estimate of drug-likeness (QED) is 0.263. The van der Waals surface area contributed by atoms with Crippen molar-refractivity contribution in [3.8, 4) is 0 Å². The van der Waals surface area contributed by atoms with E-state index in [0.717, 1.165) is 31.4 Å². The van der Waals surface area contributed by atoms with Gasteiger partial charge in [0.15, 0.2) is 11.9 Å². The molecule has 35 heavy (non-hydrogen) atoms. The Kier molecular flexibility index (Phi) is 7.05. The van der Waals surface area contributed by atoms with Crippen molar-refractivity contribution in [1.29, 1.82) is 0 Å². The molecule has 5 fully saturated rings. The summed E-state index contributed by atoms with van der Waals surface area (Å²) in [4.78, 5) is 27.4. The number of anilines is 1. The van der Waals surface area contributed by atoms with Crippen LogP contribution in [0, 0.1) is 17.8 Å². The van der Waals surface area contributed by atoms with Crippen LogP contribution in [0.1, 0.15) is 56.8 Å². The average Bonchev–Trinajstić information content (AvgIpc) is 2.92. The van der Waals surface area contributed by atoms with Crippen LogP contribution in [0.4, 0.5) is 5.69 Å². The molecule has 2 bridgehead atoms. The van der Waals surface area contributed by atoms with Crippen molar-refractivity contribution < 1.29 is 28.8 Å². The van der Waals surface area contributed by atoms with Crippen LogP contribution < -0.4 is 4.90 Å². The number of carbonyl (C=O) groups excluding carboxylic acids is 1. The van der Waals surface area contributed by atoms with Gasteiger partial charge in [0.2, 0.25) is 5.79 Å². The standard InChI is InChI=1S/C26H35Cl2NO6/c1-17-8-9-21-24(2,32-23-26(21)19(17)10-11-25(3,33-23)34-35-26)16-31-22(30)18-6-4-5-7-20(18)29(14-12-27)15-13-28/h4-7,17,19,21,23H,8-16H2,1-3H3/t17-,19+,21+,23-,24-,25-,26-/m1/s1. The lowest BCUT2D eigenvalue weighted by atomic mass is 9.60. The maximum atomic E-state index is 13.3. The first-order valence-electron chi connectivity index (χ1n) is 12.6. The molecule has 7 atom stereocenters. The molecule has 1 aromatic rings. The first kappa shape index (κ1) is 25.6. The molecule has 4 heterocycles. The van der Waals surface area contributed by atoms with Gasteiger partial charge < -0.3 is 19.1 Å². The molecule has 0 amide bonds. The van der Waals surface area contributed by atoms with Crippen molar-refractivity contribution >= 4 is 34.9 Å². The summed E-state index contributed by atoms with van der Waals surface area (Å²) in [5.41, 5.74) is -0.204. The number of ether oxygens (including phenoxy) is 3. The van der Waals surface area contributed by atoms with Crippen molar-refractivity contribution in [2.24, 2.45) is 17.8 Å². The number of hydrogen-bond acceptors (Lipinski definition) is 7. The zero-order valence-electron chi connectivity index (χ0n) is 20.6. The van der Waals surface area contributed by atoms with Crippen LogP contribution in [0.2, 0.25) is 0 Å². The van der Waals surface area contributed by atoms with Crippen LogP contribution in [-0.2, 0) is 24.0 Å². The molecule has 1 aliphatic carbocycles. The highest BCUT2D eigenvalue weighted by Gasteiger charge is 2.74. The second-order valence-corrected chi connectivity index (χ2v) is 11.5. The highest BCUT2D eigenvalue weighted by atomic mass is 35.5. The zero-order valence-corrected chi connectivity index (χ0v) is 22.1. The zero-order chi connectivity index (χ0) is 24.8. The van der Waals surface area contributed by atoms with E-state index in [0.29, 0.717) is 36.3 Å². The highest BCUT2D eigenvalue weighted by molar-refractivity contribution is 6.18. The fourth-order valence-corrected chi connectivity index (χ4v) is 7.12. The van der Waals surface area contributed by atoms with E-state index in [2.05, 4.69) is 6.92 Å². The number of hydrogen-bond donors (Lipinski definition) is 0. The number of alkyl halides is 2. The summed E-state index contributed by atoms with van der Waals surface area (Å²) in [6, 6.07) is 7.39. The molecule has 1 saturated carbocycles. The molecule has 194 valence electrons. The summed E-state index contributed by atoms with van der Waals surface area (Å²) in [6.07, 6.45) is 3.11. The molecular weight excluding hydrogens is 493 g/mol. The van der Waals surface area contributed by atoms with Gasteiger partial charge in [-0.1, -0.05) is 19.1 Å². The molecule has 9 heteroatoms. The van der Waals surface area contributed by atoms with Gasteiger partial charge in [0.25, 0.3) is 0 Å². The van der Waals surface area contributed by atoms with E-state index < -0.39 is 29.2 Å². The fraction of sp³-hybridized carbons (Fsp3) is 0.731. The molecule has 0 N–H and O–H groups in total. The maximum absolute atomic E-state index is 13.3. The Morgan fingerprint density at radius 1 is 1.09 bits per heavy atom. The molecule has 6 rings (SSSR count). The minimum atomic E-state index is -0.827. The van der Waals surface area contributed by atoms with Gasteiger partial charge in [0.1, 0.15) is 12.2 Å². The topological polar surface area (TPSA) is 66.5 Å². The molecule has 0 unspecified atom stereocenters. The summed E-state index contributed by atoms with van der Waals surface area (Å²) in [7, 11) is 0. The summed E-state index contributed by atoms with van der Waals surface area (Å²) in [5, 5.41) is 0. The Hall–Kier alpha value is -1.09. The van der Waals surface area contributed by atoms with E-state index >= 15 is 0 Å². The lowest BCUT2D eigenvalue weighted by molar-refractivity contribution is -0.541. The third-order valence-electron chi connectivity index (χ3n) is 8.49. The molecule has 7 nitrogen and oxygen atoms in total. The van der Waals surface area contributed by atoms with Crippen LogP contribution in [-0.4, -0.2) is 60.7 Å². The first-order chi connectivity index (χ1) is 16.8. The minimum absolute atomic E-state index is 0.0177. The van der Waals surface area contributed by atoms with Crippen molar-refractivity contribution in [1.82, 2.24) is 0 Å². The van der Waals surface area contributed by atoms with E-state index in [4.69, 9.17) is 47.2 Å². The van der Waals surface area contributed by atoms with Crippen LogP contribution in [0.5, 0.6) is 0 Å². The third kappa shape index (κ3) is 4.26. The van der Waals surface area contributed by atoms with Crippen LogP contribution in [0.15, 0.2) is 24.3 Å². The van der Waals surface area contributed by atoms with E-state index in [1.54, 1.807) is 6.07 Å². The number of carbonyl (C=O) groups is 1. The molecule has 5 aliphatic rings. The molecule has 0 aromatic heterocycles. The van der Waals surface area contributed by atoms with Gasteiger partial charge in [-0.25, -0.2) is 14.6 Å². The van der Waals surface area contributed by atoms with E-state index in [1.165, 1.54) is 0 Å². The fourth-order valence-electron chi connectivity index (χ4n) is 6.71. The van der Waals surface area contributed by atoms with Gasteiger partial charge in [-0.2, -0.15) is 0 Å². The molecule has 4 saturated heterocycles. The number of para-hydroxylation sites is 1. The van der Waals surface area contributed by atoms with Gasteiger partial charge >= 0.3 is 5.97 Å². The smallest absolute Gasteiger partial charge is 0.340 e. The van der Waals surface area contributed by atoms with Crippen LogP contribution in [0.25, 0.3) is 0 Å². The van der Waals surface area contributed by atoms with Crippen molar-refractivity contribution in [3.63, 3.8) is 0 Å². The lowest BCUT2D eigenvalue weighted by Crippen LogP contribution is -2.62. The van der Waals surface area contributed by atoms with Crippen molar-refractivity contribution in [3.05, 3.63) is 29.8 Å². The normalized spacial score (nSPS) is 39.7. The number of halogens is 2. The Bertz CT molecular complexity index is 944. The second-order valence-electron chi connectivity index (χ2n) is 10.7. The summed E-state index contributed by atoms with van der Waals surface area (Å²) < 4.78 is 18.9. The number of nitrogens with zero attached hydrogens (tertiary/aromatic N) is 1. The van der Waals surface area contributed by atoms with Gasteiger partial charge in [0.05, 0.1) is 11.3 Å². The minimum Gasteiger partial charge on any atom is -0.459 e. The Morgan fingerprint density at radius 2 is 1.83 bits per heavy atom. The Balaban J connectivity index is 1.37. The molecule has 1 aromatic carbocycles. The SMILES string of the molecule is C[C@@H]1CC[C@@H]2[C@]34OO[C@](C)(CC[C@@H]13)O[C@H]4O[C@]2(C)COC(=O)c1ccccc1N(CCCl)CCCl. The largest absolute Gasteiger partial charge is 0.459 e. The average molecular weight is 528 g/mol. The van der Waals surface area contributed by atoms with Crippen LogP contribution in [0.3, 0.4) is 0 Å². The van der Waals surface area contributed by atoms with E-state index in [1.807, 2.05) is 36.9 Å². The molecule has 1 spiro atoms. The van der Waals surface area contributed by atoms with Gasteiger partial charge in [-0.05, 0) is 57.1 Å².